The summed E-state index contributed by atoms with van der Waals surface area (Å²) in [6, 6.07) is 6.24. The lowest BCUT2D eigenvalue weighted by atomic mass is 10.1. The molecule has 1 fully saturated rings. The number of rotatable bonds is 6. The van der Waals surface area contributed by atoms with Gasteiger partial charge in [-0.05, 0) is 31.5 Å². The first kappa shape index (κ1) is 15.4. The van der Waals surface area contributed by atoms with Gasteiger partial charge in [0.25, 0.3) is 5.69 Å². The van der Waals surface area contributed by atoms with Gasteiger partial charge in [0.15, 0.2) is 0 Å². The van der Waals surface area contributed by atoms with Crippen molar-refractivity contribution in [2.24, 2.45) is 0 Å². The molecule has 0 radical (unpaired) electrons. The van der Waals surface area contributed by atoms with Crippen LogP contribution in [0.4, 0.5) is 5.69 Å². The van der Waals surface area contributed by atoms with Crippen LogP contribution < -0.4 is 5.32 Å². The monoisotopic (exact) mass is 293 g/mol. The number of nitro groups is 1. The number of nitro benzene ring substituents is 1. The van der Waals surface area contributed by atoms with Crippen molar-refractivity contribution in [3.63, 3.8) is 0 Å². The van der Waals surface area contributed by atoms with Crippen molar-refractivity contribution in [2.45, 2.75) is 26.1 Å². The summed E-state index contributed by atoms with van der Waals surface area (Å²) >= 11 is 0. The SMILES string of the molecule is CC(C)OCCN1C(=O)CNC1c1ccc([N+](=O)[O-])cc1. The zero-order valence-electron chi connectivity index (χ0n) is 12.1. The van der Waals surface area contributed by atoms with E-state index in [1.807, 2.05) is 13.8 Å². The van der Waals surface area contributed by atoms with Crippen molar-refractivity contribution in [1.29, 1.82) is 0 Å². The van der Waals surface area contributed by atoms with E-state index >= 15 is 0 Å². The molecule has 1 aromatic rings. The topological polar surface area (TPSA) is 84.7 Å². The van der Waals surface area contributed by atoms with Crippen LogP contribution in [0.15, 0.2) is 24.3 Å². The van der Waals surface area contributed by atoms with Crippen LogP contribution in [0.5, 0.6) is 0 Å². The van der Waals surface area contributed by atoms with E-state index < -0.39 is 4.92 Å². The summed E-state index contributed by atoms with van der Waals surface area (Å²) in [6.07, 6.45) is -0.137. The van der Waals surface area contributed by atoms with Gasteiger partial charge in [-0.15, -0.1) is 0 Å². The van der Waals surface area contributed by atoms with Crippen molar-refractivity contribution in [2.75, 3.05) is 19.7 Å². The van der Waals surface area contributed by atoms with Crippen LogP contribution >= 0.6 is 0 Å². The molecular weight excluding hydrogens is 274 g/mol. The average Bonchev–Trinajstić information content (AvgIpc) is 2.80. The molecule has 0 bridgehead atoms. The molecule has 2 rings (SSSR count). The minimum Gasteiger partial charge on any atom is -0.377 e. The number of hydrogen-bond donors (Lipinski definition) is 1. The fourth-order valence-electron chi connectivity index (χ4n) is 2.26. The molecule has 1 N–H and O–H groups in total. The van der Waals surface area contributed by atoms with Gasteiger partial charge in [0, 0.05) is 18.7 Å². The van der Waals surface area contributed by atoms with Gasteiger partial charge in [-0.2, -0.15) is 0 Å². The van der Waals surface area contributed by atoms with Gasteiger partial charge in [0.05, 0.1) is 24.2 Å². The van der Waals surface area contributed by atoms with Crippen LogP contribution in [0.3, 0.4) is 0 Å². The standard InChI is InChI=1S/C14H19N3O4/c1-10(2)21-8-7-16-13(18)9-15-14(16)11-3-5-12(6-4-11)17(19)20/h3-6,10,14-15H,7-9H2,1-2H3. The predicted octanol–water partition coefficient (Wildman–Crippen LogP) is 1.45. The minimum absolute atomic E-state index is 0.00529. The largest absolute Gasteiger partial charge is 0.377 e. The van der Waals surface area contributed by atoms with Crippen molar-refractivity contribution in [3.05, 3.63) is 39.9 Å². The first-order chi connectivity index (χ1) is 9.99. The van der Waals surface area contributed by atoms with E-state index in [9.17, 15) is 14.9 Å². The summed E-state index contributed by atoms with van der Waals surface area (Å²) in [7, 11) is 0. The molecule has 1 aliphatic rings. The molecule has 1 aliphatic heterocycles. The Morgan fingerprint density at radius 3 is 2.67 bits per heavy atom. The molecule has 1 amide bonds. The van der Waals surface area contributed by atoms with Gasteiger partial charge in [0.2, 0.25) is 5.91 Å². The van der Waals surface area contributed by atoms with E-state index in [0.29, 0.717) is 13.2 Å². The van der Waals surface area contributed by atoms with Crippen molar-refractivity contribution < 1.29 is 14.5 Å². The Bertz CT molecular complexity index is 515. The van der Waals surface area contributed by atoms with Gasteiger partial charge in [-0.3, -0.25) is 20.2 Å². The molecule has 114 valence electrons. The summed E-state index contributed by atoms with van der Waals surface area (Å²) in [5.74, 6) is 0.00529. The maximum atomic E-state index is 11.9. The summed E-state index contributed by atoms with van der Waals surface area (Å²) < 4.78 is 5.48. The number of ether oxygens (including phenoxy) is 1. The highest BCUT2D eigenvalue weighted by Crippen LogP contribution is 2.24. The van der Waals surface area contributed by atoms with Crippen LogP contribution in [0.1, 0.15) is 25.6 Å². The van der Waals surface area contributed by atoms with E-state index in [0.717, 1.165) is 5.56 Å². The second-order valence-electron chi connectivity index (χ2n) is 5.14. The Morgan fingerprint density at radius 1 is 1.43 bits per heavy atom. The molecule has 21 heavy (non-hydrogen) atoms. The van der Waals surface area contributed by atoms with Crippen LogP contribution in [0, 0.1) is 10.1 Å². The van der Waals surface area contributed by atoms with Crippen molar-refractivity contribution in [1.82, 2.24) is 10.2 Å². The van der Waals surface area contributed by atoms with E-state index in [4.69, 9.17) is 4.74 Å². The number of carbonyl (C=O) groups is 1. The number of nitrogens with one attached hydrogen (secondary N) is 1. The van der Waals surface area contributed by atoms with Crippen LogP contribution in [-0.4, -0.2) is 41.5 Å². The number of carbonyl (C=O) groups excluding carboxylic acids is 1. The minimum atomic E-state index is -0.439. The third-order valence-corrected chi connectivity index (χ3v) is 3.28. The summed E-state index contributed by atoms with van der Waals surface area (Å²) in [5, 5.41) is 13.8. The van der Waals surface area contributed by atoms with E-state index in [1.54, 1.807) is 17.0 Å². The normalized spacial score (nSPS) is 18.5. The van der Waals surface area contributed by atoms with Crippen LogP contribution in [0.25, 0.3) is 0 Å². The van der Waals surface area contributed by atoms with Gasteiger partial charge in [0.1, 0.15) is 6.17 Å². The van der Waals surface area contributed by atoms with Gasteiger partial charge in [-0.1, -0.05) is 0 Å². The lowest BCUT2D eigenvalue weighted by Gasteiger charge is -2.25. The zero-order valence-corrected chi connectivity index (χ0v) is 12.1. The molecule has 7 heteroatoms. The highest BCUT2D eigenvalue weighted by atomic mass is 16.6. The molecule has 1 atom stereocenters. The Balaban J connectivity index is 2.06. The number of nitrogens with zero attached hydrogens (tertiary/aromatic N) is 2. The van der Waals surface area contributed by atoms with E-state index in [1.165, 1.54) is 12.1 Å². The fraction of sp³-hybridized carbons (Fsp3) is 0.500. The molecule has 7 nitrogen and oxygen atoms in total. The molecule has 0 aliphatic carbocycles. The Morgan fingerprint density at radius 2 is 2.10 bits per heavy atom. The molecule has 1 heterocycles. The zero-order chi connectivity index (χ0) is 15.4. The lowest BCUT2D eigenvalue weighted by Crippen LogP contribution is -2.33. The lowest BCUT2D eigenvalue weighted by molar-refractivity contribution is -0.384. The quantitative estimate of drug-likeness (QED) is 0.634. The van der Waals surface area contributed by atoms with Gasteiger partial charge >= 0.3 is 0 Å². The van der Waals surface area contributed by atoms with Gasteiger partial charge < -0.3 is 9.64 Å². The molecule has 1 saturated heterocycles. The fourth-order valence-corrected chi connectivity index (χ4v) is 2.26. The third-order valence-electron chi connectivity index (χ3n) is 3.28. The number of amides is 1. The Kier molecular flexibility index (Phi) is 4.87. The first-order valence-electron chi connectivity index (χ1n) is 6.88. The number of hydrogen-bond acceptors (Lipinski definition) is 5. The van der Waals surface area contributed by atoms with Crippen molar-refractivity contribution in [3.8, 4) is 0 Å². The second kappa shape index (κ2) is 6.64. The molecule has 0 saturated carbocycles. The summed E-state index contributed by atoms with van der Waals surface area (Å²) in [6.45, 7) is 5.11. The number of benzene rings is 1. The average molecular weight is 293 g/mol. The van der Waals surface area contributed by atoms with Crippen LogP contribution in [-0.2, 0) is 9.53 Å². The smallest absolute Gasteiger partial charge is 0.269 e. The van der Waals surface area contributed by atoms with E-state index in [2.05, 4.69) is 5.32 Å². The first-order valence-corrected chi connectivity index (χ1v) is 6.88. The van der Waals surface area contributed by atoms with Crippen LogP contribution in [0.2, 0.25) is 0 Å². The molecule has 1 unspecified atom stereocenters. The second-order valence-corrected chi connectivity index (χ2v) is 5.14. The predicted molar refractivity (Wildman–Crippen MR) is 76.6 cm³/mol. The molecular formula is C14H19N3O4. The highest BCUT2D eigenvalue weighted by molar-refractivity contribution is 5.81. The summed E-state index contributed by atoms with van der Waals surface area (Å²) in [5.41, 5.74) is 0.869. The Labute approximate surface area is 123 Å². The maximum Gasteiger partial charge on any atom is 0.269 e. The molecule has 1 aromatic carbocycles. The highest BCUT2D eigenvalue weighted by Gasteiger charge is 2.31. The molecule has 0 aromatic heterocycles. The third kappa shape index (κ3) is 3.77. The number of non-ortho nitro benzene ring substituents is 1. The van der Waals surface area contributed by atoms with Crippen molar-refractivity contribution >= 4 is 11.6 Å². The maximum absolute atomic E-state index is 11.9. The van der Waals surface area contributed by atoms with E-state index in [-0.39, 0.29) is 30.4 Å². The summed E-state index contributed by atoms with van der Waals surface area (Å²) in [4.78, 5) is 23.8. The molecule has 0 spiro atoms. The Hall–Kier alpha value is -1.99. The van der Waals surface area contributed by atoms with Gasteiger partial charge in [-0.25, -0.2) is 0 Å².